The topological polar surface area (TPSA) is 12.5 Å². The Bertz CT molecular complexity index is 402. The third-order valence-electron chi connectivity index (χ3n) is 3.27. The van der Waals surface area contributed by atoms with Crippen LogP contribution in [-0.2, 0) is 6.42 Å². The minimum Gasteiger partial charge on any atom is -0.489 e. The highest BCUT2D eigenvalue weighted by atomic mass is 19.4. The summed E-state index contributed by atoms with van der Waals surface area (Å²) in [6.07, 6.45) is -2.67. The van der Waals surface area contributed by atoms with E-state index in [1.54, 1.807) is 0 Å². The molecule has 0 aliphatic carbocycles. The van der Waals surface area contributed by atoms with Gasteiger partial charge in [0.1, 0.15) is 11.9 Å². The molecule has 5 heteroatoms. The Kier molecular flexibility index (Phi) is 4.34. The van der Waals surface area contributed by atoms with Gasteiger partial charge in [0.15, 0.2) is 0 Å². The number of aryl methyl sites for hydroxylation is 1. The lowest BCUT2D eigenvalue weighted by Crippen LogP contribution is -2.33. The zero-order valence-electron chi connectivity index (χ0n) is 10.9. The Morgan fingerprint density at radius 1 is 1.26 bits per heavy atom. The summed E-state index contributed by atoms with van der Waals surface area (Å²) >= 11 is 0. The molecule has 2 nitrogen and oxygen atoms in total. The van der Waals surface area contributed by atoms with Crippen LogP contribution in [0.3, 0.4) is 0 Å². The quantitative estimate of drug-likeness (QED) is 0.835. The summed E-state index contributed by atoms with van der Waals surface area (Å²) in [4.78, 5) is 1.39. The van der Waals surface area contributed by atoms with E-state index in [-0.39, 0.29) is 6.10 Å². The van der Waals surface area contributed by atoms with E-state index in [1.165, 1.54) is 10.5 Å². The van der Waals surface area contributed by atoms with Gasteiger partial charge in [-0.2, -0.15) is 13.2 Å². The average Bonchev–Trinajstić information content (AvgIpc) is 2.75. The van der Waals surface area contributed by atoms with Gasteiger partial charge >= 0.3 is 6.18 Å². The lowest BCUT2D eigenvalue weighted by molar-refractivity contribution is -0.144. The van der Waals surface area contributed by atoms with Crippen molar-refractivity contribution >= 4 is 0 Å². The molecule has 0 bridgehead atoms. The number of nitrogens with zero attached hydrogens (tertiary/aromatic N) is 1. The molecule has 106 valence electrons. The van der Waals surface area contributed by atoms with E-state index in [0.29, 0.717) is 19.5 Å². The molecule has 0 radical (unpaired) electrons. The van der Waals surface area contributed by atoms with E-state index < -0.39 is 12.7 Å². The fourth-order valence-corrected chi connectivity index (χ4v) is 2.29. The molecule has 0 spiro atoms. The molecular formula is C14H18F3NO. The van der Waals surface area contributed by atoms with E-state index >= 15 is 0 Å². The number of rotatable bonds is 4. The van der Waals surface area contributed by atoms with Crippen LogP contribution in [0.1, 0.15) is 18.9 Å². The van der Waals surface area contributed by atoms with Crippen LogP contribution >= 0.6 is 0 Å². The SMILES string of the molecule is CCc1ccc(OC2CCN(CC(F)(F)F)C2)cc1. The molecule has 1 fully saturated rings. The predicted molar refractivity (Wildman–Crippen MR) is 67.3 cm³/mol. The lowest BCUT2D eigenvalue weighted by atomic mass is 10.2. The number of benzene rings is 1. The van der Waals surface area contributed by atoms with Crippen molar-refractivity contribution in [3.8, 4) is 5.75 Å². The maximum Gasteiger partial charge on any atom is 0.401 e. The van der Waals surface area contributed by atoms with Gasteiger partial charge in [-0.15, -0.1) is 0 Å². The van der Waals surface area contributed by atoms with Crippen molar-refractivity contribution < 1.29 is 17.9 Å². The summed E-state index contributed by atoms with van der Waals surface area (Å²) in [5.74, 6) is 0.732. The number of hydrogen-bond acceptors (Lipinski definition) is 2. The van der Waals surface area contributed by atoms with Crippen LogP contribution in [0.15, 0.2) is 24.3 Å². The van der Waals surface area contributed by atoms with Crippen LogP contribution < -0.4 is 4.74 Å². The van der Waals surface area contributed by atoms with Crippen molar-refractivity contribution in [2.24, 2.45) is 0 Å². The molecule has 1 atom stereocenters. The van der Waals surface area contributed by atoms with E-state index in [1.807, 2.05) is 24.3 Å². The Balaban J connectivity index is 1.84. The zero-order chi connectivity index (χ0) is 13.9. The molecule has 1 aromatic rings. The summed E-state index contributed by atoms with van der Waals surface area (Å²) in [6, 6.07) is 7.73. The van der Waals surface area contributed by atoms with Crippen molar-refractivity contribution in [3.63, 3.8) is 0 Å². The van der Waals surface area contributed by atoms with Crippen molar-refractivity contribution in [1.82, 2.24) is 4.90 Å². The first-order valence-corrected chi connectivity index (χ1v) is 6.51. The largest absolute Gasteiger partial charge is 0.489 e. The van der Waals surface area contributed by atoms with Gasteiger partial charge in [0, 0.05) is 13.1 Å². The first-order valence-electron chi connectivity index (χ1n) is 6.51. The van der Waals surface area contributed by atoms with Crippen LogP contribution in [-0.4, -0.2) is 36.8 Å². The molecule has 2 rings (SSSR count). The molecule has 1 aliphatic rings. The molecule has 0 saturated carbocycles. The highest BCUT2D eigenvalue weighted by Crippen LogP contribution is 2.23. The van der Waals surface area contributed by atoms with E-state index in [2.05, 4.69) is 6.92 Å². The van der Waals surface area contributed by atoms with Crippen molar-refractivity contribution in [2.75, 3.05) is 19.6 Å². The highest BCUT2D eigenvalue weighted by Gasteiger charge is 2.34. The summed E-state index contributed by atoms with van der Waals surface area (Å²) < 4.78 is 42.5. The van der Waals surface area contributed by atoms with E-state index in [9.17, 15) is 13.2 Å². The maximum absolute atomic E-state index is 12.3. The van der Waals surface area contributed by atoms with Gasteiger partial charge in [0.25, 0.3) is 0 Å². The Morgan fingerprint density at radius 2 is 1.95 bits per heavy atom. The van der Waals surface area contributed by atoms with Crippen LogP contribution in [0.2, 0.25) is 0 Å². The Hall–Kier alpha value is -1.23. The molecule has 1 aliphatic heterocycles. The molecule has 1 saturated heterocycles. The second-order valence-electron chi connectivity index (χ2n) is 4.88. The molecule has 0 amide bonds. The minimum absolute atomic E-state index is 0.144. The van der Waals surface area contributed by atoms with Gasteiger partial charge in [0.05, 0.1) is 6.54 Å². The monoisotopic (exact) mass is 273 g/mol. The predicted octanol–water partition coefficient (Wildman–Crippen LogP) is 3.26. The van der Waals surface area contributed by atoms with E-state index in [4.69, 9.17) is 4.74 Å². The van der Waals surface area contributed by atoms with Crippen molar-refractivity contribution in [2.45, 2.75) is 32.0 Å². The van der Waals surface area contributed by atoms with Gasteiger partial charge in [-0.3, -0.25) is 4.90 Å². The number of hydrogen-bond donors (Lipinski definition) is 0. The Morgan fingerprint density at radius 3 is 2.53 bits per heavy atom. The Labute approximate surface area is 111 Å². The normalized spacial score (nSPS) is 20.7. The molecule has 0 N–H and O–H groups in total. The number of alkyl halides is 3. The maximum atomic E-state index is 12.3. The van der Waals surface area contributed by atoms with Gasteiger partial charge < -0.3 is 4.74 Å². The molecule has 0 aromatic heterocycles. The standard InChI is InChI=1S/C14H18F3NO/c1-2-11-3-5-12(6-4-11)19-13-7-8-18(9-13)10-14(15,16)17/h3-6,13H,2,7-10H2,1H3. The average molecular weight is 273 g/mol. The second-order valence-corrected chi connectivity index (χ2v) is 4.88. The van der Waals surface area contributed by atoms with Crippen LogP contribution in [0.25, 0.3) is 0 Å². The van der Waals surface area contributed by atoms with Crippen LogP contribution in [0.4, 0.5) is 13.2 Å². The number of halogens is 3. The van der Waals surface area contributed by atoms with Crippen LogP contribution in [0.5, 0.6) is 5.75 Å². The fraction of sp³-hybridized carbons (Fsp3) is 0.571. The molecule has 1 heterocycles. The van der Waals surface area contributed by atoms with Crippen molar-refractivity contribution in [1.29, 1.82) is 0 Å². The van der Waals surface area contributed by atoms with Crippen LogP contribution in [0, 0.1) is 0 Å². The first-order chi connectivity index (χ1) is 8.96. The van der Waals surface area contributed by atoms with Gasteiger partial charge in [-0.05, 0) is 30.5 Å². The second kappa shape index (κ2) is 5.82. The highest BCUT2D eigenvalue weighted by molar-refractivity contribution is 5.27. The summed E-state index contributed by atoms with van der Waals surface area (Å²) in [7, 11) is 0. The van der Waals surface area contributed by atoms with Gasteiger partial charge in [0.2, 0.25) is 0 Å². The molecule has 1 unspecified atom stereocenters. The number of ether oxygens (including phenoxy) is 1. The van der Waals surface area contributed by atoms with Gasteiger partial charge in [-0.25, -0.2) is 0 Å². The third-order valence-corrected chi connectivity index (χ3v) is 3.27. The number of likely N-dealkylation sites (tertiary alicyclic amines) is 1. The minimum atomic E-state index is -4.13. The lowest BCUT2D eigenvalue weighted by Gasteiger charge is -2.18. The summed E-state index contributed by atoms with van der Waals surface area (Å²) in [5.41, 5.74) is 1.22. The molecule has 19 heavy (non-hydrogen) atoms. The van der Waals surface area contributed by atoms with E-state index in [0.717, 1.165) is 12.2 Å². The summed E-state index contributed by atoms with van der Waals surface area (Å²) in [5, 5.41) is 0. The first kappa shape index (κ1) is 14.2. The van der Waals surface area contributed by atoms with Gasteiger partial charge in [-0.1, -0.05) is 19.1 Å². The third kappa shape index (κ3) is 4.42. The zero-order valence-corrected chi connectivity index (χ0v) is 10.9. The fourth-order valence-electron chi connectivity index (χ4n) is 2.29. The summed E-state index contributed by atoms with van der Waals surface area (Å²) in [6.45, 7) is 2.01. The molecular weight excluding hydrogens is 255 g/mol. The molecule has 1 aromatic carbocycles. The smallest absolute Gasteiger partial charge is 0.401 e. The van der Waals surface area contributed by atoms with Crippen molar-refractivity contribution in [3.05, 3.63) is 29.8 Å².